The van der Waals surface area contributed by atoms with Crippen LogP contribution >= 0.6 is 23.2 Å². The van der Waals surface area contributed by atoms with Gasteiger partial charge in [-0.1, -0.05) is 23.2 Å². The molecule has 19 heavy (non-hydrogen) atoms. The lowest BCUT2D eigenvalue weighted by atomic mass is 10.2. The van der Waals surface area contributed by atoms with E-state index in [0.717, 1.165) is 0 Å². The first kappa shape index (κ1) is 16.2. The van der Waals surface area contributed by atoms with Gasteiger partial charge in [-0.2, -0.15) is 0 Å². The lowest BCUT2D eigenvalue weighted by Crippen LogP contribution is -2.20. The quantitative estimate of drug-likeness (QED) is 0.899. The minimum absolute atomic E-state index is 0.115. The van der Waals surface area contributed by atoms with Crippen molar-refractivity contribution in [2.45, 2.75) is 17.9 Å². The number of methoxy groups -OCH3 is 1. The van der Waals surface area contributed by atoms with Gasteiger partial charge in [0.05, 0.1) is 32.4 Å². The molecule has 5 nitrogen and oxygen atoms in total. The molecule has 1 aromatic carbocycles. The first-order valence-corrected chi connectivity index (χ1v) is 7.58. The van der Waals surface area contributed by atoms with Crippen LogP contribution in [0.5, 0.6) is 0 Å². The standard InChI is InChI=1S/C11H12Cl2O5S/c1-6(18-2)5-19(16,17)8-4-3-7(12)9(10(8)13)11(14)15/h3-4,6H,5H2,1-2H3,(H,14,15). The van der Waals surface area contributed by atoms with Crippen LogP contribution in [0.1, 0.15) is 17.3 Å². The van der Waals surface area contributed by atoms with E-state index in [4.69, 9.17) is 33.0 Å². The van der Waals surface area contributed by atoms with Crippen LogP contribution in [0, 0.1) is 0 Å². The number of carboxylic acids is 1. The molecule has 1 atom stereocenters. The summed E-state index contributed by atoms with van der Waals surface area (Å²) in [5.41, 5.74) is -0.422. The van der Waals surface area contributed by atoms with E-state index in [1.807, 2.05) is 0 Å². The Hall–Kier alpha value is -0.820. The van der Waals surface area contributed by atoms with Gasteiger partial charge in [0.2, 0.25) is 0 Å². The number of rotatable bonds is 5. The number of sulfone groups is 1. The normalized spacial score (nSPS) is 13.3. The summed E-state index contributed by atoms with van der Waals surface area (Å²) >= 11 is 11.5. The van der Waals surface area contributed by atoms with Crippen LogP contribution in [0.15, 0.2) is 17.0 Å². The number of halogens is 2. The zero-order valence-corrected chi connectivity index (χ0v) is 12.5. The van der Waals surface area contributed by atoms with Crippen molar-refractivity contribution in [2.24, 2.45) is 0 Å². The van der Waals surface area contributed by atoms with Gasteiger partial charge in [0.15, 0.2) is 9.84 Å². The fourth-order valence-corrected chi connectivity index (χ4v) is 3.91. The summed E-state index contributed by atoms with van der Waals surface area (Å²) in [5.74, 6) is -1.68. The molecule has 0 saturated carbocycles. The van der Waals surface area contributed by atoms with Crippen molar-refractivity contribution in [3.05, 3.63) is 27.7 Å². The van der Waals surface area contributed by atoms with Crippen molar-refractivity contribution in [3.63, 3.8) is 0 Å². The van der Waals surface area contributed by atoms with Crippen LogP contribution in [0.3, 0.4) is 0 Å². The molecule has 0 fully saturated rings. The number of ether oxygens (including phenoxy) is 1. The van der Waals surface area contributed by atoms with E-state index < -0.39 is 27.5 Å². The number of carboxylic acid groups (broad SMARTS) is 1. The van der Waals surface area contributed by atoms with Crippen molar-refractivity contribution in [1.82, 2.24) is 0 Å². The van der Waals surface area contributed by atoms with Gasteiger partial charge < -0.3 is 9.84 Å². The zero-order valence-electron chi connectivity index (χ0n) is 10.2. The van der Waals surface area contributed by atoms with Gasteiger partial charge in [-0.15, -0.1) is 0 Å². The molecule has 0 spiro atoms. The largest absolute Gasteiger partial charge is 0.478 e. The summed E-state index contributed by atoms with van der Waals surface area (Å²) in [4.78, 5) is 10.7. The van der Waals surface area contributed by atoms with E-state index in [9.17, 15) is 13.2 Å². The summed E-state index contributed by atoms with van der Waals surface area (Å²) in [6.45, 7) is 1.58. The van der Waals surface area contributed by atoms with Gasteiger partial charge in [-0.05, 0) is 19.1 Å². The number of carbonyl (C=O) groups is 1. The van der Waals surface area contributed by atoms with Gasteiger partial charge in [0, 0.05) is 7.11 Å². The first-order valence-electron chi connectivity index (χ1n) is 5.17. The molecule has 1 N–H and O–H groups in total. The van der Waals surface area contributed by atoms with Crippen LogP contribution in [-0.2, 0) is 14.6 Å². The molecule has 0 amide bonds. The molecule has 0 aromatic heterocycles. The molecule has 0 heterocycles. The molecule has 0 saturated heterocycles. The third kappa shape index (κ3) is 3.60. The smallest absolute Gasteiger partial charge is 0.338 e. The number of hydrogen-bond acceptors (Lipinski definition) is 4. The van der Waals surface area contributed by atoms with Gasteiger partial charge in [0.25, 0.3) is 0 Å². The molecule has 8 heteroatoms. The minimum atomic E-state index is -3.75. The maximum Gasteiger partial charge on any atom is 0.338 e. The Kier molecular flexibility index (Phi) is 5.20. The molecule has 0 radical (unpaired) electrons. The first-order chi connectivity index (χ1) is 8.70. The van der Waals surface area contributed by atoms with Crippen LogP contribution in [0.4, 0.5) is 0 Å². The summed E-state index contributed by atoms with van der Waals surface area (Å²) in [7, 11) is -2.37. The lowest BCUT2D eigenvalue weighted by Gasteiger charge is -2.13. The molecular formula is C11H12Cl2O5S. The highest BCUT2D eigenvalue weighted by Gasteiger charge is 2.26. The molecule has 0 bridgehead atoms. The van der Waals surface area contributed by atoms with Crippen molar-refractivity contribution in [1.29, 1.82) is 0 Å². The van der Waals surface area contributed by atoms with Crippen LogP contribution in [0.2, 0.25) is 10.0 Å². The highest BCUT2D eigenvalue weighted by molar-refractivity contribution is 7.91. The average Bonchev–Trinajstić information content (AvgIpc) is 2.27. The second kappa shape index (κ2) is 6.09. The lowest BCUT2D eigenvalue weighted by molar-refractivity contribution is 0.0697. The van der Waals surface area contributed by atoms with Gasteiger partial charge >= 0.3 is 5.97 Å². The Balaban J connectivity index is 3.37. The molecule has 1 unspecified atom stereocenters. The topological polar surface area (TPSA) is 80.7 Å². The van der Waals surface area contributed by atoms with Crippen LogP contribution < -0.4 is 0 Å². The molecule has 0 aliphatic rings. The highest BCUT2D eigenvalue weighted by atomic mass is 35.5. The van der Waals surface area contributed by atoms with E-state index in [1.54, 1.807) is 6.92 Å². The van der Waals surface area contributed by atoms with E-state index in [-0.39, 0.29) is 20.7 Å². The second-order valence-electron chi connectivity index (χ2n) is 3.87. The minimum Gasteiger partial charge on any atom is -0.478 e. The predicted molar refractivity (Wildman–Crippen MR) is 71.9 cm³/mol. The molecule has 1 aromatic rings. The third-order valence-corrected chi connectivity index (χ3v) is 5.20. The fraction of sp³-hybridized carbons (Fsp3) is 0.364. The monoisotopic (exact) mass is 326 g/mol. The summed E-state index contributed by atoms with van der Waals surface area (Å²) in [6.07, 6.45) is -0.537. The Morgan fingerprint density at radius 3 is 2.47 bits per heavy atom. The number of aromatic carboxylic acids is 1. The molecule has 1 rings (SSSR count). The van der Waals surface area contributed by atoms with Crippen molar-refractivity contribution in [2.75, 3.05) is 12.9 Å². The predicted octanol–water partition coefficient (Wildman–Crippen LogP) is 2.50. The number of benzene rings is 1. The van der Waals surface area contributed by atoms with Gasteiger partial charge in [-0.3, -0.25) is 0 Å². The second-order valence-corrected chi connectivity index (χ2v) is 6.66. The Labute approximate surface area is 121 Å². The Bertz CT molecular complexity index is 597. The fourth-order valence-electron chi connectivity index (χ4n) is 1.44. The van der Waals surface area contributed by atoms with Crippen LogP contribution in [-0.4, -0.2) is 38.5 Å². The third-order valence-electron chi connectivity index (χ3n) is 2.46. The zero-order chi connectivity index (χ0) is 14.8. The average molecular weight is 327 g/mol. The van der Waals surface area contributed by atoms with Gasteiger partial charge in [-0.25, -0.2) is 13.2 Å². The SMILES string of the molecule is COC(C)CS(=O)(=O)c1ccc(Cl)c(C(=O)O)c1Cl. The number of hydrogen-bond donors (Lipinski definition) is 1. The maximum atomic E-state index is 12.1. The molecule has 0 aliphatic heterocycles. The Morgan fingerprint density at radius 1 is 1.42 bits per heavy atom. The molecule has 0 aliphatic carbocycles. The summed E-state index contributed by atoms with van der Waals surface area (Å²) in [6, 6.07) is 2.38. The molecule has 106 valence electrons. The van der Waals surface area contributed by atoms with E-state index in [1.165, 1.54) is 19.2 Å². The Morgan fingerprint density at radius 2 is 2.00 bits per heavy atom. The van der Waals surface area contributed by atoms with Gasteiger partial charge in [0.1, 0.15) is 0 Å². The summed E-state index contributed by atoms with van der Waals surface area (Å²) in [5, 5.41) is 8.48. The molecular weight excluding hydrogens is 315 g/mol. The van der Waals surface area contributed by atoms with E-state index in [2.05, 4.69) is 0 Å². The van der Waals surface area contributed by atoms with Crippen molar-refractivity contribution < 1.29 is 23.1 Å². The van der Waals surface area contributed by atoms with Crippen molar-refractivity contribution >= 4 is 39.0 Å². The maximum absolute atomic E-state index is 12.1. The van der Waals surface area contributed by atoms with E-state index >= 15 is 0 Å². The van der Waals surface area contributed by atoms with Crippen molar-refractivity contribution in [3.8, 4) is 0 Å². The highest BCUT2D eigenvalue weighted by Crippen LogP contribution is 2.31. The van der Waals surface area contributed by atoms with E-state index in [0.29, 0.717) is 0 Å². The van der Waals surface area contributed by atoms with Crippen LogP contribution in [0.25, 0.3) is 0 Å². The summed E-state index contributed by atoms with van der Waals surface area (Å²) < 4.78 is 29.1.